The molecule has 1 saturated carbocycles. The molecule has 0 radical (unpaired) electrons. The number of aryl methyl sites for hydroxylation is 1. The lowest BCUT2D eigenvalue weighted by Gasteiger charge is -2.20. The maximum atomic E-state index is 12.2. The van der Waals surface area contributed by atoms with Gasteiger partial charge >= 0.3 is 0 Å². The van der Waals surface area contributed by atoms with Crippen molar-refractivity contribution in [2.45, 2.75) is 58.2 Å². The molecule has 0 bridgehead atoms. The van der Waals surface area contributed by atoms with Gasteiger partial charge in [0.1, 0.15) is 5.75 Å². The third-order valence-corrected chi connectivity index (χ3v) is 3.96. The third-order valence-electron chi connectivity index (χ3n) is 3.96. The van der Waals surface area contributed by atoms with Crippen LogP contribution < -0.4 is 15.4 Å². The molecule has 1 atom stereocenters. The van der Waals surface area contributed by atoms with Crippen molar-refractivity contribution in [3.63, 3.8) is 0 Å². The number of carbonyl (C=O) groups excluding carboxylic acids is 1. The zero-order valence-corrected chi connectivity index (χ0v) is 13.2. The molecule has 4 nitrogen and oxygen atoms in total. The van der Waals surface area contributed by atoms with E-state index < -0.39 is 6.10 Å². The first-order valence-corrected chi connectivity index (χ1v) is 7.81. The number of hydrogen-bond acceptors (Lipinski definition) is 3. The summed E-state index contributed by atoms with van der Waals surface area (Å²) in [6.45, 7) is 4.60. The summed E-state index contributed by atoms with van der Waals surface area (Å²) in [6.07, 6.45) is 4.14. The van der Waals surface area contributed by atoms with E-state index in [1.807, 2.05) is 26.1 Å². The van der Waals surface area contributed by atoms with Crippen LogP contribution in [0.1, 0.15) is 43.7 Å². The van der Waals surface area contributed by atoms with Crippen LogP contribution in [-0.4, -0.2) is 25.1 Å². The van der Waals surface area contributed by atoms with Gasteiger partial charge in [-0.25, -0.2) is 0 Å². The first kappa shape index (κ1) is 15.8. The summed E-state index contributed by atoms with van der Waals surface area (Å²) >= 11 is 0. The molecule has 21 heavy (non-hydrogen) atoms. The van der Waals surface area contributed by atoms with Crippen LogP contribution in [0.15, 0.2) is 18.2 Å². The van der Waals surface area contributed by atoms with Gasteiger partial charge in [0.2, 0.25) is 0 Å². The minimum atomic E-state index is -0.469. The van der Waals surface area contributed by atoms with Gasteiger partial charge in [0, 0.05) is 18.2 Å². The van der Waals surface area contributed by atoms with Crippen LogP contribution in [0.4, 0.5) is 0 Å². The largest absolute Gasteiger partial charge is 0.481 e. The van der Waals surface area contributed by atoms with E-state index in [2.05, 4.69) is 23.6 Å². The molecule has 1 aromatic rings. The fraction of sp³-hybridized carbons (Fsp3) is 0.588. The third kappa shape index (κ3) is 4.46. The van der Waals surface area contributed by atoms with Gasteiger partial charge in [-0.1, -0.05) is 30.5 Å². The summed E-state index contributed by atoms with van der Waals surface area (Å²) in [6, 6.07) is 6.38. The summed E-state index contributed by atoms with van der Waals surface area (Å²) in [5.41, 5.74) is 2.27. The second-order valence-corrected chi connectivity index (χ2v) is 5.89. The van der Waals surface area contributed by atoms with Crippen LogP contribution in [0.3, 0.4) is 0 Å². The summed E-state index contributed by atoms with van der Waals surface area (Å²) in [5, 5.41) is 6.21. The quantitative estimate of drug-likeness (QED) is 0.846. The van der Waals surface area contributed by atoms with E-state index in [0.717, 1.165) is 30.7 Å². The van der Waals surface area contributed by atoms with E-state index in [1.54, 1.807) is 0 Å². The van der Waals surface area contributed by atoms with Crippen molar-refractivity contribution >= 4 is 5.91 Å². The van der Waals surface area contributed by atoms with E-state index >= 15 is 0 Å². The molecule has 0 spiro atoms. The molecule has 116 valence electrons. The highest BCUT2D eigenvalue weighted by Crippen LogP contribution is 2.22. The number of benzene rings is 1. The smallest absolute Gasteiger partial charge is 0.260 e. The van der Waals surface area contributed by atoms with Crippen molar-refractivity contribution in [2.75, 3.05) is 7.05 Å². The lowest BCUT2D eigenvalue weighted by Crippen LogP contribution is -2.41. The number of nitrogens with one attached hydrogen (secondary N) is 2. The molecule has 0 saturated heterocycles. The summed E-state index contributed by atoms with van der Waals surface area (Å²) in [5.74, 6) is 0.766. The standard InChI is InChI=1S/C17H26N2O2/c1-12-8-9-16(14(10-12)11-18-3)21-13(2)17(20)19-15-6-4-5-7-15/h8-10,13,15,18H,4-7,11H2,1-3H3,(H,19,20). The summed E-state index contributed by atoms with van der Waals surface area (Å²) < 4.78 is 5.87. The average Bonchev–Trinajstić information content (AvgIpc) is 2.95. The molecule has 2 rings (SSSR count). The molecule has 1 aromatic carbocycles. The Balaban J connectivity index is 1.97. The van der Waals surface area contributed by atoms with Crippen molar-refractivity contribution in [3.05, 3.63) is 29.3 Å². The van der Waals surface area contributed by atoms with E-state index in [9.17, 15) is 4.79 Å². The fourth-order valence-corrected chi connectivity index (χ4v) is 2.78. The molecule has 0 aromatic heterocycles. The Morgan fingerprint density at radius 2 is 2.10 bits per heavy atom. The van der Waals surface area contributed by atoms with Gasteiger partial charge in [-0.2, -0.15) is 0 Å². The monoisotopic (exact) mass is 290 g/mol. The van der Waals surface area contributed by atoms with Crippen molar-refractivity contribution in [2.24, 2.45) is 0 Å². The lowest BCUT2D eigenvalue weighted by atomic mass is 10.1. The number of hydrogen-bond donors (Lipinski definition) is 2. The van der Waals surface area contributed by atoms with Crippen LogP contribution in [0.5, 0.6) is 5.75 Å². The minimum Gasteiger partial charge on any atom is -0.481 e. The van der Waals surface area contributed by atoms with Crippen LogP contribution in [0.25, 0.3) is 0 Å². The first-order valence-electron chi connectivity index (χ1n) is 7.81. The minimum absolute atomic E-state index is 0.0158. The molecule has 1 fully saturated rings. The van der Waals surface area contributed by atoms with Gasteiger partial charge in [-0.05, 0) is 39.8 Å². The molecule has 1 aliphatic carbocycles. The average molecular weight is 290 g/mol. The van der Waals surface area contributed by atoms with Crippen LogP contribution in [-0.2, 0) is 11.3 Å². The topological polar surface area (TPSA) is 50.4 Å². The van der Waals surface area contributed by atoms with Crippen molar-refractivity contribution in [1.29, 1.82) is 0 Å². The van der Waals surface area contributed by atoms with Gasteiger partial charge in [0.05, 0.1) is 0 Å². The molecule has 1 aliphatic rings. The van der Waals surface area contributed by atoms with Gasteiger partial charge in [-0.3, -0.25) is 4.79 Å². The maximum Gasteiger partial charge on any atom is 0.260 e. The molecule has 0 aliphatic heterocycles. The van der Waals surface area contributed by atoms with E-state index in [0.29, 0.717) is 6.04 Å². The highest BCUT2D eigenvalue weighted by molar-refractivity contribution is 5.81. The number of rotatable bonds is 6. The predicted octanol–water partition coefficient (Wildman–Crippen LogP) is 2.54. The van der Waals surface area contributed by atoms with Crippen LogP contribution >= 0.6 is 0 Å². The number of ether oxygens (including phenoxy) is 1. The Kier molecular flexibility index (Phi) is 5.62. The van der Waals surface area contributed by atoms with E-state index in [4.69, 9.17) is 4.74 Å². The Morgan fingerprint density at radius 1 is 1.38 bits per heavy atom. The van der Waals surface area contributed by atoms with Gasteiger partial charge in [0.15, 0.2) is 6.10 Å². The zero-order valence-electron chi connectivity index (χ0n) is 13.2. The van der Waals surface area contributed by atoms with Crippen molar-refractivity contribution < 1.29 is 9.53 Å². The maximum absolute atomic E-state index is 12.2. The highest BCUT2D eigenvalue weighted by atomic mass is 16.5. The Bertz CT molecular complexity index is 482. The summed E-state index contributed by atoms with van der Waals surface area (Å²) in [4.78, 5) is 12.2. The van der Waals surface area contributed by atoms with Gasteiger partial charge < -0.3 is 15.4 Å². The highest BCUT2D eigenvalue weighted by Gasteiger charge is 2.22. The molecule has 1 unspecified atom stereocenters. The normalized spacial score (nSPS) is 16.7. The SMILES string of the molecule is CNCc1cc(C)ccc1OC(C)C(=O)NC1CCCC1. The Hall–Kier alpha value is -1.55. The zero-order chi connectivity index (χ0) is 15.2. The fourth-order valence-electron chi connectivity index (χ4n) is 2.78. The second-order valence-electron chi connectivity index (χ2n) is 5.89. The molecule has 4 heteroatoms. The predicted molar refractivity (Wildman–Crippen MR) is 84.4 cm³/mol. The van der Waals surface area contributed by atoms with Crippen molar-refractivity contribution in [1.82, 2.24) is 10.6 Å². The lowest BCUT2D eigenvalue weighted by molar-refractivity contribution is -0.127. The number of amides is 1. The Morgan fingerprint density at radius 3 is 2.76 bits per heavy atom. The molecular formula is C17H26N2O2. The van der Waals surface area contributed by atoms with Crippen LogP contribution in [0.2, 0.25) is 0 Å². The first-order chi connectivity index (χ1) is 10.1. The van der Waals surface area contributed by atoms with Gasteiger partial charge in [-0.15, -0.1) is 0 Å². The molecular weight excluding hydrogens is 264 g/mol. The Labute approximate surface area is 127 Å². The second kappa shape index (κ2) is 7.46. The molecule has 0 heterocycles. The molecule has 2 N–H and O–H groups in total. The number of carbonyl (C=O) groups is 1. The van der Waals surface area contributed by atoms with E-state index in [-0.39, 0.29) is 5.91 Å². The van der Waals surface area contributed by atoms with Gasteiger partial charge in [0.25, 0.3) is 5.91 Å². The van der Waals surface area contributed by atoms with E-state index in [1.165, 1.54) is 18.4 Å². The molecule has 1 amide bonds. The van der Waals surface area contributed by atoms with Crippen LogP contribution in [0, 0.1) is 6.92 Å². The van der Waals surface area contributed by atoms with Crippen molar-refractivity contribution in [3.8, 4) is 5.75 Å². The summed E-state index contributed by atoms with van der Waals surface area (Å²) in [7, 11) is 1.91.